The first-order chi connectivity index (χ1) is 11.6. The van der Waals surface area contributed by atoms with Crippen LogP contribution in [0, 0.1) is 5.92 Å². The molecule has 1 saturated carbocycles. The molecule has 1 aliphatic carbocycles. The average molecular weight is 331 g/mol. The van der Waals surface area contributed by atoms with Gasteiger partial charge in [0.25, 0.3) is 0 Å². The van der Waals surface area contributed by atoms with Crippen LogP contribution in [0.2, 0.25) is 0 Å². The fraction of sp³-hybridized carbons (Fsp3) is 0.444. The molecule has 1 aromatic rings. The summed E-state index contributed by atoms with van der Waals surface area (Å²) in [7, 11) is 0. The van der Waals surface area contributed by atoms with Crippen LogP contribution in [0.1, 0.15) is 30.7 Å². The van der Waals surface area contributed by atoms with Crippen LogP contribution in [0.25, 0.3) is 0 Å². The Morgan fingerprint density at radius 3 is 2.79 bits per heavy atom. The number of amides is 1. The number of hydrogen-bond donors (Lipinski definition) is 2. The van der Waals surface area contributed by atoms with Crippen LogP contribution in [0.3, 0.4) is 0 Å². The van der Waals surface area contributed by atoms with Gasteiger partial charge in [-0.2, -0.15) is 0 Å². The van der Waals surface area contributed by atoms with Crippen molar-refractivity contribution >= 4 is 11.9 Å². The number of carbonyl (C=O) groups excluding carboxylic acids is 1. The molecule has 1 amide bonds. The third kappa shape index (κ3) is 3.53. The fourth-order valence-corrected chi connectivity index (χ4v) is 2.96. The average Bonchev–Trinajstić information content (AvgIpc) is 3.38. The second-order valence-electron chi connectivity index (χ2n) is 6.12. The van der Waals surface area contributed by atoms with Gasteiger partial charge in [-0.05, 0) is 42.9 Å². The van der Waals surface area contributed by atoms with Crippen molar-refractivity contribution in [2.75, 3.05) is 13.2 Å². The van der Waals surface area contributed by atoms with Crippen LogP contribution in [-0.2, 0) is 9.59 Å². The van der Waals surface area contributed by atoms with E-state index in [2.05, 4.69) is 11.9 Å². The highest BCUT2D eigenvalue weighted by molar-refractivity contribution is 5.87. The number of carboxylic acid groups (broad SMARTS) is 1. The lowest BCUT2D eigenvalue weighted by Crippen LogP contribution is -2.41. The van der Waals surface area contributed by atoms with Gasteiger partial charge in [0.2, 0.25) is 5.91 Å². The highest BCUT2D eigenvalue weighted by Crippen LogP contribution is 2.49. The first-order valence-electron chi connectivity index (χ1n) is 8.13. The third-order valence-electron chi connectivity index (χ3n) is 4.40. The van der Waals surface area contributed by atoms with E-state index >= 15 is 0 Å². The van der Waals surface area contributed by atoms with Crippen molar-refractivity contribution in [2.45, 2.75) is 31.2 Å². The summed E-state index contributed by atoms with van der Waals surface area (Å²) in [6.07, 6.45) is 3.27. The summed E-state index contributed by atoms with van der Waals surface area (Å²) in [6.45, 7) is 4.64. The number of carbonyl (C=O) groups is 2. The molecular formula is C18H21NO5. The van der Waals surface area contributed by atoms with Gasteiger partial charge in [-0.25, -0.2) is 4.79 Å². The Kier molecular flexibility index (Phi) is 4.74. The minimum absolute atomic E-state index is 0.106. The van der Waals surface area contributed by atoms with Gasteiger partial charge in [0.15, 0.2) is 11.5 Å². The van der Waals surface area contributed by atoms with Crippen LogP contribution < -0.4 is 14.8 Å². The minimum atomic E-state index is -1.01. The summed E-state index contributed by atoms with van der Waals surface area (Å²) < 4.78 is 11.1. The van der Waals surface area contributed by atoms with E-state index in [0.717, 1.165) is 17.7 Å². The maximum atomic E-state index is 12.3. The summed E-state index contributed by atoms with van der Waals surface area (Å²) in [6, 6.07) is 4.86. The monoisotopic (exact) mass is 331 g/mol. The number of nitrogens with one attached hydrogen (secondary N) is 1. The van der Waals surface area contributed by atoms with Gasteiger partial charge in [-0.15, -0.1) is 6.58 Å². The third-order valence-corrected chi connectivity index (χ3v) is 4.40. The molecule has 1 fully saturated rings. The maximum absolute atomic E-state index is 12.3. The van der Waals surface area contributed by atoms with Gasteiger partial charge >= 0.3 is 5.97 Å². The van der Waals surface area contributed by atoms with Crippen molar-refractivity contribution in [3.63, 3.8) is 0 Å². The smallest absolute Gasteiger partial charge is 0.326 e. The highest BCUT2D eigenvalue weighted by atomic mass is 16.6. The van der Waals surface area contributed by atoms with Gasteiger partial charge < -0.3 is 19.9 Å². The van der Waals surface area contributed by atoms with Gasteiger partial charge in [-0.1, -0.05) is 12.1 Å². The van der Waals surface area contributed by atoms with E-state index in [1.165, 1.54) is 0 Å². The predicted molar refractivity (Wildman–Crippen MR) is 87.3 cm³/mol. The minimum Gasteiger partial charge on any atom is -0.486 e. The van der Waals surface area contributed by atoms with Crippen LogP contribution in [0.5, 0.6) is 11.5 Å². The normalized spacial score (nSPS) is 22.3. The zero-order valence-corrected chi connectivity index (χ0v) is 13.4. The number of ether oxygens (including phenoxy) is 2. The zero-order valence-electron chi connectivity index (χ0n) is 13.4. The van der Waals surface area contributed by atoms with E-state index in [1.54, 1.807) is 6.08 Å². The molecule has 6 nitrogen and oxygen atoms in total. The molecule has 2 N–H and O–H groups in total. The van der Waals surface area contributed by atoms with Gasteiger partial charge in [0.05, 0.1) is 0 Å². The van der Waals surface area contributed by atoms with Crippen LogP contribution >= 0.6 is 0 Å². The number of benzene rings is 1. The topological polar surface area (TPSA) is 84.9 Å². The van der Waals surface area contributed by atoms with Crippen LogP contribution in [-0.4, -0.2) is 36.2 Å². The Hall–Kier alpha value is -2.50. The van der Waals surface area contributed by atoms with Gasteiger partial charge in [-0.3, -0.25) is 4.79 Å². The predicted octanol–water partition coefficient (Wildman–Crippen LogP) is 2.10. The maximum Gasteiger partial charge on any atom is 0.326 e. The zero-order chi connectivity index (χ0) is 17.1. The summed E-state index contributed by atoms with van der Waals surface area (Å²) in [4.78, 5) is 23.5. The molecule has 3 atom stereocenters. The summed E-state index contributed by atoms with van der Waals surface area (Å²) in [5, 5.41) is 11.8. The molecule has 3 rings (SSSR count). The number of carboxylic acids is 1. The van der Waals surface area contributed by atoms with Crippen molar-refractivity contribution in [1.82, 2.24) is 5.32 Å². The standard InChI is InChI=1S/C18H21NO5/c1-2-3-4-14(18(21)22)19-17(20)13-10-12(13)11-5-6-15-16(9-11)24-8-7-23-15/h2,5-6,9,12-14H,1,3-4,7-8,10H2,(H,19,20)(H,21,22). The van der Waals surface area contributed by atoms with E-state index in [1.807, 2.05) is 18.2 Å². The number of allylic oxidation sites excluding steroid dienone is 1. The Labute approximate surface area is 140 Å². The molecule has 24 heavy (non-hydrogen) atoms. The number of aliphatic carboxylic acids is 1. The highest BCUT2D eigenvalue weighted by Gasteiger charge is 2.45. The Morgan fingerprint density at radius 2 is 2.08 bits per heavy atom. The molecule has 128 valence electrons. The fourth-order valence-electron chi connectivity index (χ4n) is 2.96. The van der Waals surface area contributed by atoms with Crippen LogP contribution in [0.4, 0.5) is 0 Å². The number of rotatable bonds is 7. The van der Waals surface area contributed by atoms with E-state index < -0.39 is 12.0 Å². The second kappa shape index (κ2) is 6.95. The lowest BCUT2D eigenvalue weighted by molar-refractivity contribution is -0.142. The SMILES string of the molecule is C=CCCC(NC(=O)C1CC1c1ccc2c(c1)OCCO2)C(=O)O. The van der Waals surface area contributed by atoms with Gasteiger partial charge in [0, 0.05) is 5.92 Å². The first-order valence-corrected chi connectivity index (χ1v) is 8.13. The quantitative estimate of drug-likeness (QED) is 0.748. The van der Waals surface area contributed by atoms with Crippen molar-refractivity contribution in [1.29, 1.82) is 0 Å². The molecule has 1 aromatic carbocycles. The van der Waals surface area contributed by atoms with E-state index in [-0.39, 0.29) is 17.7 Å². The lowest BCUT2D eigenvalue weighted by Gasteiger charge is -2.19. The Balaban J connectivity index is 1.60. The Morgan fingerprint density at radius 1 is 1.33 bits per heavy atom. The van der Waals surface area contributed by atoms with Crippen molar-refractivity contribution < 1.29 is 24.2 Å². The molecular weight excluding hydrogens is 310 g/mol. The molecule has 0 spiro atoms. The van der Waals surface area contributed by atoms with E-state index in [9.17, 15) is 14.7 Å². The summed E-state index contributed by atoms with van der Waals surface area (Å²) in [5.74, 6) is 0.141. The molecule has 0 bridgehead atoms. The molecule has 0 radical (unpaired) electrons. The second-order valence-corrected chi connectivity index (χ2v) is 6.12. The Bertz CT molecular complexity index is 657. The molecule has 2 aliphatic rings. The molecule has 0 saturated heterocycles. The molecule has 0 aromatic heterocycles. The largest absolute Gasteiger partial charge is 0.486 e. The lowest BCUT2D eigenvalue weighted by atomic mass is 10.1. The molecule has 3 unspecified atom stereocenters. The molecule has 1 aliphatic heterocycles. The van der Waals surface area contributed by atoms with E-state index in [4.69, 9.17) is 9.47 Å². The summed E-state index contributed by atoms with van der Waals surface area (Å²) in [5.41, 5.74) is 1.03. The first kappa shape index (κ1) is 16.4. The number of hydrogen-bond acceptors (Lipinski definition) is 4. The van der Waals surface area contributed by atoms with Crippen molar-refractivity contribution in [2.24, 2.45) is 5.92 Å². The molecule has 1 heterocycles. The van der Waals surface area contributed by atoms with Crippen LogP contribution in [0.15, 0.2) is 30.9 Å². The molecule has 6 heteroatoms. The number of fused-ring (bicyclic) bond motifs is 1. The van der Waals surface area contributed by atoms with E-state index in [0.29, 0.717) is 31.8 Å². The van der Waals surface area contributed by atoms with Gasteiger partial charge in [0.1, 0.15) is 19.3 Å². The van der Waals surface area contributed by atoms with Crippen molar-refractivity contribution in [3.8, 4) is 11.5 Å². The summed E-state index contributed by atoms with van der Waals surface area (Å²) >= 11 is 0. The van der Waals surface area contributed by atoms with Crippen molar-refractivity contribution in [3.05, 3.63) is 36.4 Å².